The van der Waals surface area contributed by atoms with Crippen LogP contribution in [-0.2, 0) is 6.54 Å². The number of guanidine groups is 1. The second-order valence-electron chi connectivity index (χ2n) is 6.63. The third-order valence-corrected chi connectivity index (χ3v) is 5.17. The molecular formula is C19H35IN6S. The number of nitrogens with one attached hydrogen (secondary N) is 2. The quantitative estimate of drug-likeness (QED) is 0.233. The van der Waals surface area contributed by atoms with E-state index in [2.05, 4.69) is 57.8 Å². The maximum Gasteiger partial charge on any atom is 0.191 e. The number of aliphatic imine (C=N–C) groups is 1. The second-order valence-corrected chi connectivity index (χ2v) is 7.62. The molecule has 2 rings (SSSR count). The Labute approximate surface area is 186 Å². The summed E-state index contributed by atoms with van der Waals surface area (Å²) in [5.41, 5.74) is 1.20. The lowest BCUT2D eigenvalue weighted by atomic mass is 10.2. The number of pyridine rings is 1. The Kier molecular flexibility index (Phi) is 12.9. The van der Waals surface area contributed by atoms with Gasteiger partial charge in [0, 0.05) is 45.5 Å². The SMILES string of the molecule is CCNC(=NCc1ccnc(N2CCN(C)CC2)c1)NCCCCSC.I. The molecule has 2 N–H and O–H groups in total. The van der Waals surface area contributed by atoms with Crippen LogP contribution in [0.1, 0.15) is 25.3 Å². The molecule has 8 heteroatoms. The Morgan fingerprint density at radius 3 is 2.70 bits per heavy atom. The van der Waals surface area contributed by atoms with Crippen molar-refractivity contribution in [3.05, 3.63) is 23.9 Å². The first-order chi connectivity index (χ1) is 12.7. The van der Waals surface area contributed by atoms with Crippen molar-refractivity contribution in [2.75, 3.05) is 63.2 Å². The fraction of sp³-hybridized carbons (Fsp3) is 0.684. The molecule has 154 valence electrons. The number of thioether (sulfide) groups is 1. The van der Waals surface area contributed by atoms with E-state index < -0.39 is 0 Å². The number of anilines is 1. The van der Waals surface area contributed by atoms with Crippen LogP contribution in [0.2, 0.25) is 0 Å². The number of piperazine rings is 1. The van der Waals surface area contributed by atoms with Gasteiger partial charge in [0.2, 0.25) is 0 Å². The van der Waals surface area contributed by atoms with Gasteiger partial charge in [-0.3, -0.25) is 0 Å². The molecule has 0 aliphatic carbocycles. The molecule has 0 aromatic carbocycles. The fourth-order valence-corrected chi connectivity index (χ4v) is 3.35. The van der Waals surface area contributed by atoms with Gasteiger partial charge >= 0.3 is 0 Å². The molecule has 1 aliphatic heterocycles. The van der Waals surface area contributed by atoms with Gasteiger partial charge in [-0.2, -0.15) is 11.8 Å². The van der Waals surface area contributed by atoms with Gasteiger partial charge < -0.3 is 20.4 Å². The Bertz CT molecular complexity index is 549. The van der Waals surface area contributed by atoms with E-state index in [9.17, 15) is 0 Å². The molecule has 1 aliphatic rings. The molecule has 0 spiro atoms. The Hall–Kier alpha value is -0.740. The Balaban J connectivity index is 0.00000364. The normalized spacial score (nSPS) is 15.4. The molecule has 0 unspecified atom stereocenters. The molecule has 0 saturated carbocycles. The summed E-state index contributed by atoms with van der Waals surface area (Å²) >= 11 is 1.91. The first kappa shape index (κ1) is 24.3. The maximum absolute atomic E-state index is 4.73. The number of halogens is 1. The number of rotatable bonds is 9. The summed E-state index contributed by atoms with van der Waals surface area (Å²) in [4.78, 5) is 14.0. The predicted molar refractivity (Wildman–Crippen MR) is 130 cm³/mol. The minimum atomic E-state index is 0. The van der Waals surface area contributed by atoms with E-state index in [1.54, 1.807) is 0 Å². The number of likely N-dealkylation sites (N-methyl/N-ethyl adjacent to an activating group) is 1. The van der Waals surface area contributed by atoms with Crippen LogP contribution in [0, 0.1) is 0 Å². The van der Waals surface area contributed by atoms with Gasteiger partial charge in [0.05, 0.1) is 6.54 Å². The molecular weight excluding hydrogens is 471 g/mol. The molecule has 27 heavy (non-hydrogen) atoms. The molecule has 6 nitrogen and oxygen atoms in total. The van der Waals surface area contributed by atoms with Crippen LogP contribution in [0.25, 0.3) is 0 Å². The first-order valence-electron chi connectivity index (χ1n) is 9.62. The van der Waals surface area contributed by atoms with E-state index >= 15 is 0 Å². The Morgan fingerprint density at radius 2 is 2.00 bits per heavy atom. The van der Waals surface area contributed by atoms with Crippen LogP contribution >= 0.6 is 35.7 Å². The van der Waals surface area contributed by atoms with Gasteiger partial charge in [-0.25, -0.2) is 9.98 Å². The standard InChI is InChI=1S/C19H34N6S.HI/c1-4-20-19(22-8-5-6-14-26-3)23-16-17-7-9-21-18(15-17)25-12-10-24(2)11-13-25;/h7,9,15H,4-6,8,10-14,16H2,1-3H3,(H2,20,22,23);1H. The smallest absolute Gasteiger partial charge is 0.191 e. The highest BCUT2D eigenvalue weighted by atomic mass is 127. The van der Waals surface area contributed by atoms with Crippen LogP contribution in [0.15, 0.2) is 23.3 Å². The number of nitrogens with zero attached hydrogens (tertiary/aromatic N) is 4. The van der Waals surface area contributed by atoms with Gasteiger partial charge in [0.25, 0.3) is 0 Å². The molecule has 0 atom stereocenters. The van der Waals surface area contributed by atoms with Crippen LogP contribution in [0.3, 0.4) is 0 Å². The zero-order valence-electron chi connectivity index (χ0n) is 16.9. The van der Waals surface area contributed by atoms with Gasteiger partial charge in [0.15, 0.2) is 5.96 Å². The third kappa shape index (κ3) is 9.34. The highest BCUT2D eigenvalue weighted by molar-refractivity contribution is 14.0. The zero-order valence-corrected chi connectivity index (χ0v) is 20.1. The molecule has 0 amide bonds. The summed E-state index contributed by atoms with van der Waals surface area (Å²) in [6.07, 6.45) is 6.48. The fourth-order valence-electron chi connectivity index (χ4n) is 2.86. The van der Waals surface area contributed by atoms with Gasteiger partial charge in [-0.1, -0.05) is 0 Å². The molecule has 1 aromatic rings. The minimum Gasteiger partial charge on any atom is -0.357 e. The van der Waals surface area contributed by atoms with Crippen molar-refractivity contribution in [3.63, 3.8) is 0 Å². The van der Waals surface area contributed by atoms with Gasteiger partial charge in [-0.15, -0.1) is 24.0 Å². The molecule has 1 fully saturated rings. The summed E-state index contributed by atoms with van der Waals surface area (Å²) in [6, 6.07) is 4.24. The van der Waals surface area contributed by atoms with E-state index in [-0.39, 0.29) is 24.0 Å². The van der Waals surface area contributed by atoms with Crippen molar-refractivity contribution in [2.24, 2.45) is 4.99 Å². The predicted octanol–water partition coefficient (Wildman–Crippen LogP) is 2.65. The summed E-state index contributed by atoms with van der Waals surface area (Å²) in [5, 5.41) is 6.76. The summed E-state index contributed by atoms with van der Waals surface area (Å²) in [6.45, 7) is 8.87. The van der Waals surface area contributed by atoms with Crippen LogP contribution < -0.4 is 15.5 Å². The highest BCUT2D eigenvalue weighted by Gasteiger charge is 2.15. The van der Waals surface area contributed by atoms with E-state index in [1.165, 1.54) is 24.2 Å². The zero-order chi connectivity index (χ0) is 18.6. The van der Waals surface area contributed by atoms with Crippen LogP contribution in [0.5, 0.6) is 0 Å². The van der Waals surface area contributed by atoms with Crippen molar-refractivity contribution < 1.29 is 0 Å². The monoisotopic (exact) mass is 506 g/mol. The topological polar surface area (TPSA) is 55.8 Å². The van der Waals surface area contributed by atoms with Crippen molar-refractivity contribution in [3.8, 4) is 0 Å². The highest BCUT2D eigenvalue weighted by Crippen LogP contribution is 2.15. The van der Waals surface area contributed by atoms with Crippen molar-refractivity contribution >= 4 is 47.5 Å². The summed E-state index contributed by atoms with van der Waals surface area (Å²) < 4.78 is 0. The average Bonchev–Trinajstić information content (AvgIpc) is 2.66. The van der Waals surface area contributed by atoms with Crippen molar-refractivity contribution in [2.45, 2.75) is 26.3 Å². The average molecular weight is 507 g/mol. The number of aromatic nitrogens is 1. The van der Waals surface area contributed by atoms with E-state index in [1.807, 2.05) is 18.0 Å². The number of unbranched alkanes of at least 4 members (excludes halogenated alkanes) is 1. The van der Waals surface area contributed by atoms with E-state index in [4.69, 9.17) is 4.99 Å². The van der Waals surface area contributed by atoms with Gasteiger partial charge in [0.1, 0.15) is 5.82 Å². The van der Waals surface area contributed by atoms with Crippen LogP contribution in [0.4, 0.5) is 5.82 Å². The number of hydrogen-bond acceptors (Lipinski definition) is 5. The first-order valence-corrected chi connectivity index (χ1v) is 11.0. The van der Waals surface area contributed by atoms with Crippen LogP contribution in [-0.4, -0.2) is 74.2 Å². The lowest BCUT2D eigenvalue weighted by Gasteiger charge is -2.33. The third-order valence-electron chi connectivity index (χ3n) is 4.47. The summed E-state index contributed by atoms with van der Waals surface area (Å²) in [7, 11) is 2.17. The Morgan fingerprint density at radius 1 is 1.22 bits per heavy atom. The van der Waals surface area contributed by atoms with Gasteiger partial charge in [-0.05, 0) is 56.5 Å². The lowest BCUT2D eigenvalue weighted by molar-refractivity contribution is 0.312. The van der Waals surface area contributed by atoms with Crippen molar-refractivity contribution in [1.29, 1.82) is 0 Å². The second kappa shape index (κ2) is 14.3. The molecule has 1 aromatic heterocycles. The molecule has 2 heterocycles. The maximum atomic E-state index is 4.73. The lowest BCUT2D eigenvalue weighted by Crippen LogP contribution is -2.44. The van der Waals surface area contributed by atoms with Crippen molar-refractivity contribution in [1.82, 2.24) is 20.5 Å². The molecule has 1 saturated heterocycles. The van der Waals surface area contributed by atoms with E-state index in [0.717, 1.165) is 51.0 Å². The number of hydrogen-bond donors (Lipinski definition) is 2. The summed E-state index contributed by atoms with van der Waals surface area (Å²) in [5.74, 6) is 3.19. The molecule has 0 radical (unpaired) electrons. The van der Waals surface area contributed by atoms with E-state index in [0.29, 0.717) is 6.54 Å². The molecule has 0 bridgehead atoms. The minimum absolute atomic E-state index is 0. The largest absolute Gasteiger partial charge is 0.357 e.